The molecule has 1 heterocycles. The fourth-order valence-electron chi connectivity index (χ4n) is 2.89. The number of aliphatic hydroxyl groups is 2. The summed E-state index contributed by atoms with van der Waals surface area (Å²) >= 11 is 0. The molecule has 0 radical (unpaired) electrons. The van der Waals surface area contributed by atoms with Crippen LogP contribution in [0, 0.1) is 0 Å². The van der Waals surface area contributed by atoms with Crippen LogP contribution in [-0.2, 0) is 32.7 Å². The fourth-order valence-corrected chi connectivity index (χ4v) is 4.85. The lowest BCUT2D eigenvalue weighted by Crippen LogP contribution is -2.73. The Labute approximate surface area is 173 Å². The highest BCUT2D eigenvalue weighted by molar-refractivity contribution is 7.55. The number of aldehydes is 1. The average Bonchev–Trinajstić information content (AvgIpc) is 2.64. The molecule has 1 saturated heterocycles. The van der Waals surface area contributed by atoms with Crippen LogP contribution < -0.4 is 0 Å². The monoisotopic (exact) mass is 450 g/mol. The van der Waals surface area contributed by atoms with E-state index >= 15 is 0 Å². The minimum absolute atomic E-state index is 0.00590. The number of aliphatic hydroxyl groups excluding tert-OH is 2. The van der Waals surface area contributed by atoms with E-state index in [4.69, 9.17) is 19.3 Å². The van der Waals surface area contributed by atoms with Gasteiger partial charge in [-0.05, 0) is 40.1 Å². The molecule has 14 heteroatoms. The summed E-state index contributed by atoms with van der Waals surface area (Å²) in [4.78, 5) is 39.7. The maximum absolute atomic E-state index is 13.4. The van der Waals surface area contributed by atoms with E-state index in [1.165, 1.54) is 34.6 Å². The summed E-state index contributed by atoms with van der Waals surface area (Å²) in [5, 5.41) is 23.3. The van der Waals surface area contributed by atoms with Crippen LogP contribution in [0.5, 0.6) is 0 Å². The standard InChI is InChI=1S/C16H27N4O9P/c1-6-27-30(26,28-7-2)14(15(25)29-16(3,4)5)20-11(12(23)9(22)8-21)10(13(20)24)18-19-17/h8-12,14,22-23H,6-7H2,1-5H3/t9-,10-,11-,12+,14?/m0/s1. The number of carbonyl (C=O) groups is 3. The molecule has 0 aromatic heterocycles. The molecule has 1 unspecified atom stereocenters. The van der Waals surface area contributed by atoms with E-state index in [0.29, 0.717) is 4.90 Å². The van der Waals surface area contributed by atoms with Crippen LogP contribution >= 0.6 is 7.60 Å². The average molecular weight is 450 g/mol. The maximum Gasteiger partial charge on any atom is 0.364 e. The van der Waals surface area contributed by atoms with E-state index in [0.717, 1.165) is 0 Å². The second-order valence-electron chi connectivity index (χ2n) is 7.29. The SMILES string of the molecule is CCOP(=O)(OCC)C(C(=O)OC(C)(C)C)N1C(=O)[C@@H](N=[N+]=[N-])[C@H]1[C@H](O)[C@@H](O)C=O. The molecule has 1 rings (SSSR count). The number of amides is 1. The molecule has 2 N–H and O–H groups in total. The van der Waals surface area contributed by atoms with Crippen LogP contribution in [0.4, 0.5) is 0 Å². The van der Waals surface area contributed by atoms with Crippen molar-refractivity contribution >= 4 is 25.8 Å². The first-order valence-electron chi connectivity index (χ1n) is 9.17. The van der Waals surface area contributed by atoms with Gasteiger partial charge in [0.2, 0.25) is 11.7 Å². The van der Waals surface area contributed by atoms with Gasteiger partial charge in [-0.25, -0.2) is 4.79 Å². The first kappa shape index (κ1) is 26.0. The third kappa shape index (κ3) is 5.57. The molecule has 170 valence electrons. The zero-order valence-corrected chi connectivity index (χ0v) is 18.3. The lowest BCUT2D eigenvalue weighted by atomic mass is 9.88. The number of rotatable bonds is 11. The molecule has 13 nitrogen and oxygen atoms in total. The highest BCUT2D eigenvalue weighted by atomic mass is 31.2. The smallest absolute Gasteiger partial charge is 0.364 e. The number of esters is 1. The predicted molar refractivity (Wildman–Crippen MR) is 102 cm³/mol. The number of ether oxygens (including phenoxy) is 1. The van der Waals surface area contributed by atoms with Crippen molar-refractivity contribution in [2.24, 2.45) is 5.11 Å². The summed E-state index contributed by atoms with van der Waals surface area (Å²) < 4.78 is 29.1. The number of β-lactam (4-membered cyclic amide) rings is 1. The third-order valence-electron chi connectivity index (χ3n) is 3.97. The Morgan fingerprint density at radius 1 is 1.33 bits per heavy atom. The van der Waals surface area contributed by atoms with E-state index in [1.54, 1.807) is 0 Å². The van der Waals surface area contributed by atoms with E-state index < -0.39 is 55.1 Å². The molecule has 1 fully saturated rings. The van der Waals surface area contributed by atoms with Gasteiger partial charge in [0.25, 0.3) is 0 Å². The highest BCUT2D eigenvalue weighted by Crippen LogP contribution is 2.57. The second-order valence-corrected chi connectivity index (χ2v) is 9.37. The normalized spacial score (nSPS) is 22.4. The number of nitrogens with zero attached hydrogens (tertiary/aromatic N) is 4. The molecule has 0 aromatic carbocycles. The van der Waals surface area contributed by atoms with E-state index in [9.17, 15) is 29.2 Å². The van der Waals surface area contributed by atoms with Crippen molar-refractivity contribution in [2.45, 2.75) is 70.3 Å². The zero-order chi connectivity index (χ0) is 23.3. The van der Waals surface area contributed by atoms with Gasteiger partial charge in [0.05, 0.1) is 19.3 Å². The van der Waals surface area contributed by atoms with Crippen molar-refractivity contribution < 1.29 is 42.9 Å². The predicted octanol–water partition coefficient (Wildman–Crippen LogP) is 0.731. The Hall–Kier alpha value is -2.01. The third-order valence-corrected chi connectivity index (χ3v) is 6.26. The summed E-state index contributed by atoms with van der Waals surface area (Å²) in [6, 6.07) is -3.11. The molecule has 5 atom stereocenters. The molecule has 0 saturated carbocycles. The molecule has 1 aliphatic rings. The van der Waals surface area contributed by atoms with Crippen molar-refractivity contribution in [3.63, 3.8) is 0 Å². The van der Waals surface area contributed by atoms with Gasteiger partial charge in [-0.1, -0.05) is 5.11 Å². The summed E-state index contributed by atoms with van der Waals surface area (Å²) in [6.07, 6.45) is -3.91. The fraction of sp³-hybridized carbons (Fsp3) is 0.812. The molecule has 0 bridgehead atoms. The van der Waals surface area contributed by atoms with Crippen molar-refractivity contribution in [1.82, 2.24) is 4.90 Å². The van der Waals surface area contributed by atoms with Gasteiger partial charge in [-0.3, -0.25) is 9.36 Å². The maximum atomic E-state index is 13.4. The van der Waals surface area contributed by atoms with Crippen molar-refractivity contribution in [1.29, 1.82) is 0 Å². The van der Waals surface area contributed by atoms with Gasteiger partial charge in [0, 0.05) is 4.91 Å². The number of carbonyl (C=O) groups excluding carboxylic acids is 3. The van der Waals surface area contributed by atoms with E-state index in [1.807, 2.05) is 0 Å². The Morgan fingerprint density at radius 2 is 1.87 bits per heavy atom. The second kappa shape index (κ2) is 10.3. The number of azide groups is 1. The topological polar surface area (TPSA) is 188 Å². The van der Waals surface area contributed by atoms with Gasteiger partial charge in [0.1, 0.15) is 23.9 Å². The molecule has 1 aliphatic heterocycles. The van der Waals surface area contributed by atoms with Crippen molar-refractivity contribution in [2.75, 3.05) is 13.2 Å². The van der Waals surface area contributed by atoms with Gasteiger partial charge >= 0.3 is 13.6 Å². The summed E-state index contributed by atoms with van der Waals surface area (Å²) in [5.41, 5.74) is 7.66. The van der Waals surface area contributed by atoms with Crippen LogP contribution in [0.15, 0.2) is 5.11 Å². The number of hydrogen-bond donors (Lipinski definition) is 2. The Kier molecular flexibility index (Phi) is 8.97. The quantitative estimate of drug-likeness (QED) is 0.0869. The lowest BCUT2D eigenvalue weighted by Gasteiger charge is -2.51. The summed E-state index contributed by atoms with van der Waals surface area (Å²) in [5.74, 6) is -4.10. The molecule has 1 amide bonds. The van der Waals surface area contributed by atoms with Crippen LogP contribution in [-0.4, -0.2) is 82.2 Å². The van der Waals surface area contributed by atoms with Crippen molar-refractivity contribution in [3.8, 4) is 0 Å². The minimum Gasteiger partial charge on any atom is -0.458 e. The lowest BCUT2D eigenvalue weighted by molar-refractivity contribution is -0.178. The molecule has 30 heavy (non-hydrogen) atoms. The number of hydrogen-bond acceptors (Lipinski definition) is 10. The molecular weight excluding hydrogens is 423 g/mol. The first-order valence-corrected chi connectivity index (χ1v) is 10.8. The Bertz CT molecular complexity index is 739. The largest absolute Gasteiger partial charge is 0.458 e. The van der Waals surface area contributed by atoms with Gasteiger partial charge < -0.3 is 33.7 Å². The Balaban J connectivity index is 3.56. The van der Waals surface area contributed by atoms with Crippen LogP contribution in [0.1, 0.15) is 34.6 Å². The van der Waals surface area contributed by atoms with Gasteiger partial charge in [-0.2, -0.15) is 0 Å². The Morgan fingerprint density at radius 3 is 2.27 bits per heavy atom. The summed E-state index contributed by atoms with van der Waals surface area (Å²) in [6.45, 7) is 7.29. The van der Waals surface area contributed by atoms with Crippen molar-refractivity contribution in [3.05, 3.63) is 10.4 Å². The zero-order valence-electron chi connectivity index (χ0n) is 17.4. The van der Waals surface area contributed by atoms with Crippen LogP contribution in [0.2, 0.25) is 0 Å². The molecule has 0 aliphatic carbocycles. The van der Waals surface area contributed by atoms with Crippen LogP contribution in [0.3, 0.4) is 0 Å². The number of likely N-dealkylation sites (tertiary alicyclic amines) is 1. The van der Waals surface area contributed by atoms with E-state index in [-0.39, 0.29) is 19.5 Å². The first-order chi connectivity index (χ1) is 13.9. The molecular formula is C16H27N4O9P. The minimum atomic E-state index is -4.38. The highest BCUT2D eigenvalue weighted by Gasteiger charge is 2.62. The van der Waals surface area contributed by atoms with Gasteiger partial charge in [-0.15, -0.1) is 0 Å². The van der Waals surface area contributed by atoms with Gasteiger partial charge in [0.15, 0.2) is 6.29 Å². The van der Waals surface area contributed by atoms with Crippen LogP contribution in [0.25, 0.3) is 10.4 Å². The van der Waals surface area contributed by atoms with E-state index in [2.05, 4.69) is 10.0 Å². The summed E-state index contributed by atoms with van der Waals surface area (Å²) in [7, 11) is -4.38. The molecule has 0 aromatic rings. The molecule has 0 spiro atoms.